The van der Waals surface area contributed by atoms with Crippen LogP contribution in [0.2, 0.25) is 0 Å². The van der Waals surface area contributed by atoms with Crippen LogP contribution in [0.5, 0.6) is 0 Å². The highest BCUT2D eigenvalue weighted by atomic mass is 16.5. The van der Waals surface area contributed by atoms with Crippen molar-refractivity contribution in [3.8, 4) is 0 Å². The van der Waals surface area contributed by atoms with Crippen molar-refractivity contribution in [3.63, 3.8) is 0 Å². The molecule has 0 spiro atoms. The van der Waals surface area contributed by atoms with Crippen molar-refractivity contribution in [2.24, 2.45) is 0 Å². The third-order valence-electron chi connectivity index (χ3n) is 1.50. The van der Waals surface area contributed by atoms with Gasteiger partial charge in [-0.3, -0.25) is 4.79 Å². The van der Waals surface area contributed by atoms with Crippen LogP contribution in [0, 0.1) is 0 Å². The zero-order valence-corrected chi connectivity index (χ0v) is 6.52. The quantitative estimate of drug-likeness (QED) is 0.577. The normalized spacial score (nSPS) is 11.6. The third kappa shape index (κ3) is 2.14. The maximum Gasteiger partial charge on any atom is 0.163 e. The maximum absolute atomic E-state index is 10.9. The van der Waals surface area contributed by atoms with E-state index in [1.807, 2.05) is 6.92 Å². The van der Waals surface area contributed by atoms with Gasteiger partial charge in [-0.2, -0.15) is 0 Å². The van der Waals surface area contributed by atoms with Gasteiger partial charge in [-0.1, -0.05) is 6.92 Å². The van der Waals surface area contributed by atoms with E-state index < -0.39 is 5.60 Å². The molecule has 0 aliphatic rings. The van der Waals surface area contributed by atoms with Gasteiger partial charge in [0.15, 0.2) is 5.78 Å². The fourth-order valence-electron chi connectivity index (χ4n) is 0.540. The Morgan fingerprint density at radius 1 is 1.56 bits per heavy atom. The minimum Gasteiger partial charge on any atom is -0.371 e. The van der Waals surface area contributed by atoms with Crippen LogP contribution in [-0.4, -0.2) is 18.5 Å². The standard InChI is InChI=1S/C7H14O2/c1-5-6(8)7(2,3)9-4/h5H2,1-4H3. The lowest BCUT2D eigenvalue weighted by Gasteiger charge is -2.19. The Balaban J connectivity index is 3.97. The van der Waals surface area contributed by atoms with Crippen molar-refractivity contribution in [2.45, 2.75) is 32.8 Å². The Morgan fingerprint density at radius 2 is 2.00 bits per heavy atom. The molecule has 0 heterocycles. The first-order valence-electron chi connectivity index (χ1n) is 3.13. The van der Waals surface area contributed by atoms with Gasteiger partial charge in [0.25, 0.3) is 0 Å². The summed E-state index contributed by atoms with van der Waals surface area (Å²) in [5.74, 6) is 0.144. The molecule has 0 amide bonds. The number of Topliss-reactive ketones (excluding diaryl/α,β-unsaturated/α-hetero) is 1. The number of ketones is 1. The van der Waals surface area contributed by atoms with E-state index in [9.17, 15) is 4.79 Å². The van der Waals surface area contributed by atoms with Crippen LogP contribution in [0.3, 0.4) is 0 Å². The zero-order chi connectivity index (χ0) is 7.49. The minimum absolute atomic E-state index is 0.144. The molecular weight excluding hydrogens is 116 g/mol. The summed E-state index contributed by atoms with van der Waals surface area (Å²) in [6, 6.07) is 0. The molecule has 0 aliphatic heterocycles. The summed E-state index contributed by atoms with van der Waals surface area (Å²) >= 11 is 0. The topological polar surface area (TPSA) is 26.3 Å². The first-order valence-corrected chi connectivity index (χ1v) is 3.13. The van der Waals surface area contributed by atoms with E-state index in [2.05, 4.69) is 0 Å². The Hall–Kier alpha value is -0.370. The molecule has 0 saturated carbocycles. The van der Waals surface area contributed by atoms with Crippen molar-refractivity contribution < 1.29 is 9.53 Å². The van der Waals surface area contributed by atoms with Gasteiger partial charge in [-0.15, -0.1) is 0 Å². The molecule has 0 N–H and O–H groups in total. The molecule has 0 saturated heterocycles. The van der Waals surface area contributed by atoms with Crippen LogP contribution < -0.4 is 0 Å². The van der Waals surface area contributed by atoms with Gasteiger partial charge in [0, 0.05) is 13.5 Å². The van der Waals surface area contributed by atoms with Crippen LogP contribution in [-0.2, 0) is 9.53 Å². The number of rotatable bonds is 3. The average molecular weight is 130 g/mol. The lowest BCUT2D eigenvalue weighted by Crippen LogP contribution is -2.32. The lowest BCUT2D eigenvalue weighted by atomic mass is 10.0. The summed E-state index contributed by atoms with van der Waals surface area (Å²) < 4.78 is 4.94. The number of methoxy groups -OCH3 is 1. The van der Waals surface area contributed by atoms with Gasteiger partial charge in [0.2, 0.25) is 0 Å². The second-order valence-electron chi connectivity index (χ2n) is 2.49. The predicted molar refractivity (Wildman–Crippen MR) is 36.4 cm³/mol. The predicted octanol–water partition coefficient (Wildman–Crippen LogP) is 1.39. The number of hydrogen-bond acceptors (Lipinski definition) is 2. The highest BCUT2D eigenvalue weighted by Gasteiger charge is 2.24. The molecule has 0 unspecified atom stereocenters. The number of carbonyl (C=O) groups excluding carboxylic acids is 1. The molecule has 0 bridgehead atoms. The highest BCUT2D eigenvalue weighted by Crippen LogP contribution is 2.10. The smallest absolute Gasteiger partial charge is 0.163 e. The number of hydrogen-bond donors (Lipinski definition) is 0. The van der Waals surface area contributed by atoms with E-state index in [0.29, 0.717) is 6.42 Å². The zero-order valence-electron chi connectivity index (χ0n) is 6.52. The first kappa shape index (κ1) is 8.63. The van der Waals surface area contributed by atoms with Gasteiger partial charge in [0.1, 0.15) is 5.60 Å². The Kier molecular flexibility index (Phi) is 2.85. The van der Waals surface area contributed by atoms with E-state index in [1.54, 1.807) is 21.0 Å². The van der Waals surface area contributed by atoms with Crippen LogP contribution >= 0.6 is 0 Å². The van der Waals surface area contributed by atoms with Crippen molar-refractivity contribution in [1.29, 1.82) is 0 Å². The van der Waals surface area contributed by atoms with Gasteiger partial charge in [-0.05, 0) is 13.8 Å². The Bertz CT molecular complexity index is 105. The second kappa shape index (κ2) is 2.97. The van der Waals surface area contributed by atoms with E-state index >= 15 is 0 Å². The summed E-state index contributed by atoms with van der Waals surface area (Å²) in [4.78, 5) is 10.9. The fourth-order valence-corrected chi connectivity index (χ4v) is 0.540. The van der Waals surface area contributed by atoms with Crippen molar-refractivity contribution in [2.75, 3.05) is 7.11 Å². The van der Waals surface area contributed by atoms with E-state index in [-0.39, 0.29) is 5.78 Å². The van der Waals surface area contributed by atoms with Crippen LogP contribution in [0.15, 0.2) is 0 Å². The monoisotopic (exact) mass is 130 g/mol. The van der Waals surface area contributed by atoms with Gasteiger partial charge < -0.3 is 4.74 Å². The highest BCUT2D eigenvalue weighted by molar-refractivity contribution is 5.86. The van der Waals surface area contributed by atoms with Crippen molar-refractivity contribution in [1.82, 2.24) is 0 Å². The molecule has 0 aromatic carbocycles. The molecule has 2 heteroatoms. The summed E-state index contributed by atoms with van der Waals surface area (Å²) in [6.45, 7) is 5.39. The largest absolute Gasteiger partial charge is 0.371 e. The van der Waals surface area contributed by atoms with Crippen LogP contribution in [0.1, 0.15) is 27.2 Å². The van der Waals surface area contributed by atoms with E-state index in [0.717, 1.165) is 0 Å². The van der Waals surface area contributed by atoms with Crippen LogP contribution in [0.4, 0.5) is 0 Å². The van der Waals surface area contributed by atoms with Crippen molar-refractivity contribution >= 4 is 5.78 Å². The Morgan fingerprint density at radius 3 is 2.11 bits per heavy atom. The van der Waals surface area contributed by atoms with E-state index in [1.165, 1.54) is 0 Å². The van der Waals surface area contributed by atoms with Gasteiger partial charge >= 0.3 is 0 Å². The average Bonchev–Trinajstić information content (AvgIpc) is 1.86. The summed E-state index contributed by atoms with van der Waals surface area (Å²) in [5.41, 5.74) is -0.589. The molecule has 0 fully saturated rings. The van der Waals surface area contributed by atoms with Gasteiger partial charge in [-0.25, -0.2) is 0 Å². The Labute approximate surface area is 56.2 Å². The van der Waals surface area contributed by atoms with Gasteiger partial charge in [0.05, 0.1) is 0 Å². The molecule has 9 heavy (non-hydrogen) atoms. The molecule has 54 valence electrons. The molecule has 0 aromatic heterocycles. The maximum atomic E-state index is 10.9. The summed E-state index contributed by atoms with van der Waals surface area (Å²) in [6.07, 6.45) is 0.542. The third-order valence-corrected chi connectivity index (χ3v) is 1.50. The minimum atomic E-state index is -0.589. The SMILES string of the molecule is CCC(=O)C(C)(C)OC. The van der Waals surface area contributed by atoms with Crippen LogP contribution in [0.25, 0.3) is 0 Å². The fraction of sp³-hybridized carbons (Fsp3) is 0.857. The number of ether oxygens (including phenoxy) is 1. The second-order valence-corrected chi connectivity index (χ2v) is 2.49. The summed E-state index contributed by atoms with van der Waals surface area (Å²) in [5, 5.41) is 0. The van der Waals surface area contributed by atoms with E-state index in [4.69, 9.17) is 4.74 Å². The molecular formula is C7H14O2. The molecule has 0 radical (unpaired) electrons. The lowest BCUT2D eigenvalue weighted by molar-refractivity contribution is -0.136. The molecule has 0 atom stereocenters. The molecule has 0 rings (SSSR count). The number of carbonyl (C=O) groups is 1. The van der Waals surface area contributed by atoms with Crippen molar-refractivity contribution in [3.05, 3.63) is 0 Å². The summed E-state index contributed by atoms with van der Waals surface area (Å²) in [7, 11) is 1.55. The molecule has 0 aliphatic carbocycles. The first-order chi connectivity index (χ1) is 4.04. The molecule has 0 aromatic rings. The molecule has 2 nitrogen and oxygen atoms in total.